The molecule has 0 fully saturated rings. The molecule has 8 heteroatoms. The Kier molecular flexibility index (Phi) is 6.76. The summed E-state index contributed by atoms with van der Waals surface area (Å²) in [5.74, 6) is -0.309. The molecule has 0 spiro atoms. The maximum atomic E-state index is 11.9. The first-order chi connectivity index (χ1) is 9.89. The van der Waals surface area contributed by atoms with Crippen molar-refractivity contribution in [3.05, 3.63) is 29.8 Å². The third kappa shape index (κ3) is 5.09. The largest absolute Gasteiger partial charge is 0.394 e. The Morgan fingerprint density at radius 1 is 1.24 bits per heavy atom. The van der Waals surface area contributed by atoms with Crippen LogP contribution in [0.1, 0.15) is 10.4 Å². The molecule has 1 aromatic rings. The fraction of sp³-hybridized carbons (Fsp3) is 0.462. The molecule has 2 N–H and O–H groups in total. The molecular weight excluding hydrogens is 296 g/mol. The summed E-state index contributed by atoms with van der Waals surface area (Å²) in [6.07, 6.45) is 0. The van der Waals surface area contributed by atoms with E-state index in [0.717, 1.165) is 4.31 Å². The van der Waals surface area contributed by atoms with E-state index in [4.69, 9.17) is 9.84 Å². The first kappa shape index (κ1) is 17.6. The van der Waals surface area contributed by atoms with Crippen LogP contribution in [0.15, 0.2) is 29.2 Å². The summed E-state index contributed by atoms with van der Waals surface area (Å²) in [7, 11) is -0.595. The van der Waals surface area contributed by atoms with E-state index in [0.29, 0.717) is 18.7 Å². The highest BCUT2D eigenvalue weighted by Gasteiger charge is 2.17. The smallest absolute Gasteiger partial charge is 0.251 e. The predicted molar refractivity (Wildman–Crippen MR) is 77.6 cm³/mol. The number of benzene rings is 1. The predicted octanol–water partition coefficient (Wildman–Crippen LogP) is -0.324. The number of nitrogens with one attached hydrogen (secondary N) is 1. The molecule has 0 unspecified atom stereocenters. The van der Waals surface area contributed by atoms with E-state index in [1.165, 1.54) is 38.4 Å². The number of nitrogens with zero attached hydrogens (tertiary/aromatic N) is 1. The molecule has 0 saturated heterocycles. The van der Waals surface area contributed by atoms with Crippen LogP contribution in [0.2, 0.25) is 0 Å². The van der Waals surface area contributed by atoms with Crippen LogP contribution >= 0.6 is 0 Å². The Morgan fingerprint density at radius 3 is 2.38 bits per heavy atom. The molecule has 7 nitrogen and oxygen atoms in total. The van der Waals surface area contributed by atoms with Crippen molar-refractivity contribution in [2.75, 3.05) is 40.5 Å². The molecule has 0 radical (unpaired) electrons. The van der Waals surface area contributed by atoms with Crippen LogP contribution in [0.3, 0.4) is 0 Å². The fourth-order valence-corrected chi connectivity index (χ4v) is 2.40. The van der Waals surface area contributed by atoms with Gasteiger partial charge in [0.05, 0.1) is 24.7 Å². The van der Waals surface area contributed by atoms with Gasteiger partial charge in [-0.1, -0.05) is 0 Å². The summed E-state index contributed by atoms with van der Waals surface area (Å²) in [4.78, 5) is 11.9. The van der Waals surface area contributed by atoms with Crippen molar-refractivity contribution in [1.82, 2.24) is 9.62 Å². The minimum Gasteiger partial charge on any atom is -0.394 e. The lowest BCUT2D eigenvalue weighted by atomic mass is 10.2. The van der Waals surface area contributed by atoms with E-state index in [2.05, 4.69) is 5.32 Å². The SMILES string of the molecule is CN(C)S(=O)(=O)c1ccc(C(=O)NCCOCCO)cc1. The van der Waals surface area contributed by atoms with Gasteiger partial charge in [-0.2, -0.15) is 0 Å². The van der Waals surface area contributed by atoms with E-state index in [1.807, 2.05) is 0 Å². The standard InChI is InChI=1S/C13H20N2O5S/c1-15(2)21(18,19)12-5-3-11(4-6-12)13(17)14-7-9-20-10-8-16/h3-6,16H,7-10H2,1-2H3,(H,14,17). The number of aliphatic hydroxyl groups is 1. The first-order valence-corrected chi connectivity index (χ1v) is 7.83. The molecule has 0 atom stereocenters. The van der Waals surface area contributed by atoms with Crippen molar-refractivity contribution < 1.29 is 23.1 Å². The second kappa shape index (κ2) is 8.08. The lowest BCUT2D eigenvalue weighted by molar-refractivity contribution is 0.0838. The van der Waals surface area contributed by atoms with Gasteiger partial charge in [0, 0.05) is 26.2 Å². The highest BCUT2D eigenvalue weighted by Crippen LogP contribution is 2.13. The number of aliphatic hydroxyl groups excluding tert-OH is 1. The molecule has 0 aliphatic heterocycles. The van der Waals surface area contributed by atoms with Gasteiger partial charge in [0.15, 0.2) is 0 Å². The second-order valence-corrected chi connectivity index (χ2v) is 6.56. The molecule has 1 amide bonds. The summed E-state index contributed by atoms with van der Waals surface area (Å²) in [6, 6.07) is 5.71. The Morgan fingerprint density at radius 2 is 1.86 bits per heavy atom. The third-order valence-electron chi connectivity index (χ3n) is 2.66. The van der Waals surface area contributed by atoms with Gasteiger partial charge in [-0.05, 0) is 24.3 Å². The maximum absolute atomic E-state index is 11.9. The monoisotopic (exact) mass is 316 g/mol. The molecular formula is C13H20N2O5S. The summed E-state index contributed by atoms with van der Waals surface area (Å²) in [6.45, 7) is 0.790. The van der Waals surface area contributed by atoms with Gasteiger partial charge in [-0.25, -0.2) is 12.7 Å². The van der Waals surface area contributed by atoms with Crippen molar-refractivity contribution in [1.29, 1.82) is 0 Å². The van der Waals surface area contributed by atoms with Crippen molar-refractivity contribution in [2.45, 2.75) is 4.90 Å². The molecule has 118 valence electrons. The number of carbonyl (C=O) groups is 1. The third-order valence-corrected chi connectivity index (χ3v) is 4.49. The van der Waals surface area contributed by atoms with Gasteiger partial charge in [-0.15, -0.1) is 0 Å². The summed E-state index contributed by atoms with van der Waals surface area (Å²) in [5.41, 5.74) is 0.370. The zero-order valence-corrected chi connectivity index (χ0v) is 12.9. The average Bonchev–Trinajstić information content (AvgIpc) is 2.46. The molecule has 0 heterocycles. The summed E-state index contributed by atoms with van der Waals surface area (Å²) in [5, 5.41) is 11.2. The van der Waals surface area contributed by atoms with Gasteiger partial charge in [0.2, 0.25) is 10.0 Å². The fourth-order valence-electron chi connectivity index (χ4n) is 1.49. The lowest BCUT2D eigenvalue weighted by Gasteiger charge is -2.11. The van der Waals surface area contributed by atoms with E-state index >= 15 is 0 Å². The van der Waals surface area contributed by atoms with Crippen LogP contribution in [-0.4, -0.2) is 64.2 Å². The van der Waals surface area contributed by atoms with E-state index in [-0.39, 0.29) is 24.0 Å². The molecule has 0 saturated carbocycles. The number of hydrogen-bond acceptors (Lipinski definition) is 5. The van der Waals surface area contributed by atoms with Crippen LogP contribution in [-0.2, 0) is 14.8 Å². The molecule has 21 heavy (non-hydrogen) atoms. The summed E-state index contributed by atoms with van der Waals surface area (Å²) >= 11 is 0. The minimum absolute atomic E-state index is 0.0598. The number of rotatable bonds is 8. The van der Waals surface area contributed by atoms with Gasteiger partial charge < -0.3 is 15.2 Å². The van der Waals surface area contributed by atoms with Gasteiger partial charge in [0.1, 0.15) is 0 Å². The topological polar surface area (TPSA) is 95.9 Å². The highest BCUT2D eigenvalue weighted by molar-refractivity contribution is 7.89. The molecule has 1 rings (SSSR count). The van der Waals surface area contributed by atoms with Crippen molar-refractivity contribution in [2.24, 2.45) is 0 Å². The Balaban J connectivity index is 2.60. The lowest BCUT2D eigenvalue weighted by Crippen LogP contribution is -2.27. The van der Waals surface area contributed by atoms with Crippen LogP contribution < -0.4 is 5.32 Å². The van der Waals surface area contributed by atoms with E-state index in [1.54, 1.807) is 0 Å². The molecule has 1 aromatic carbocycles. The van der Waals surface area contributed by atoms with Crippen LogP contribution in [0, 0.1) is 0 Å². The van der Waals surface area contributed by atoms with E-state index in [9.17, 15) is 13.2 Å². The van der Waals surface area contributed by atoms with Gasteiger partial charge >= 0.3 is 0 Å². The number of carbonyl (C=O) groups excluding carboxylic acids is 1. The molecule has 0 bridgehead atoms. The summed E-state index contributed by atoms with van der Waals surface area (Å²) < 4.78 is 29.9. The maximum Gasteiger partial charge on any atom is 0.251 e. The molecule has 0 aliphatic rings. The Labute approximate surface area is 124 Å². The van der Waals surface area contributed by atoms with Crippen LogP contribution in [0.4, 0.5) is 0 Å². The first-order valence-electron chi connectivity index (χ1n) is 6.39. The van der Waals surface area contributed by atoms with Crippen molar-refractivity contribution in [3.8, 4) is 0 Å². The number of ether oxygens (including phenoxy) is 1. The number of amides is 1. The zero-order chi connectivity index (χ0) is 15.9. The molecule has 0 aliphatic carbocycles. The second-order valence-electron chi connectivity index (χ2n) is 4.40. The van der Waals surface area contributed by atoms with Gasteiger partial charge in [0.25, 0.3) is 5.91 Å². The quantitative estimate of drug-likeness (QED) is 0.641. The highest BCUT2D eigenvalue weighted by atomic mass is 32.2. The Hall–Kier alpha value is -1.48. The molecule has 0 aromatic heterocycles. The Bertz CT molecular complexity index is 554. The van der Waals surface area contributed by atoms with Crippen molar-refractivity contribution in [3.63, 3.8) is 0 Å². The van der Waals surface area contributed by atoms with Crippen LogP contribution in [0.5, 0.6) is 0 Å². The van der Waals surface area contributed by atoms with Gasteiger partial charge in [-0.3, -0.25) is 4.79 Å². The average molecular weight is 316 g/mol. The zero-order valence-electron chi connectivity index (χ0n) is 12.1. The van der Waals surface area contributed by atoms with Crippen LogP contribution in [0.25, 0.3) is 0 Å². The number of sulfonamides is 1. The normalized spacial score (nSPS) is 11.6. The van der Waals surface area contributed by atoms with Crippen molar-refractivity contribution >= 4 is 15.9 Å². The number of hydrogen-bond donors (Lipinski definition) is 2. The van der Waals surface area contributed by atoms with E-state index < -0.39 is 10.0 Å². The minimum atomic E-state index is -3.49.